The molecule has 38 heavy (non-hydrogen) atoms. The Bertz CT molecular complexity index is 1300. The van der Waals surface area contributed by atoms with E-state index in [4.69, 9.17) is 9.26 Å². The number of carbonyl (C=O) groups excluding carboxylic acids is 1. The van der Waals surface area contributed by atoms with Gasteiger partial charge in [-0.1, -0.05) is 102 Å². The molecule has 0 bridgehead atoms. The van der Waals surface area contributed by atoms with Gasteiger partial charge in [0.05, 0.1) is 5.69 Å². The quantitative estimate of drug-likeness (QED) is 0.158. The Hall–Kier alpha value is -4.00. The van der Waals surface area contributed by atoms with Crippen molar-refractivity contribution in [3.8, 4) is 11.3 Å². The Morgan fingerprint density at radius 2 is 1.63 bits per heavy atom. The highest BCUT2D eigenvalue weighted by atomic mass is 16.6. The summed E-state index contributed by atoms with van der Waals surface area (Å²) in [6.07, 6.45) is 3.14. The molecule has 0 amide bonds. The fraction of sp³-hybridized carbons (Fsp3) is 0.250. The van der Waals surface area contributed by atoms with E-state index in [1.54, 1.807) is 48.5 Å². The van der Waals surface area contributed by atoms with Gasteiger partial charge in [0.15, 0.2) is 5.76 Å². The second kappa shape index (κ2) is 11.6. The Labute approximate surface area is 223 Å². The predicted octanol–water partition coefficient (Wildman–Crippen LogP) is 5.49. The van der Waals surface area contributed by atoms with Crippen molar-refractivity contribution >= 4 is 5.97 Å². The van der Waals surface area contributed by atoms with E-state index in [0.717, 1.165) is 30.0 Å². The third-order valence-corrected chi connectivity index (χ3v) is 7.35. The molecule has 3 aromatic carbocycles. The molecule has 0 spiro atoms. The van der Waals surface area contributed by atoms with Gasteiger partial charge in [-0.15, -0.1) is 6.58 Å². The van der Waals surface area contributed by atoms with Crippen LogP contribution in [0.3, 0.4) is 0 Å². The van der Waals surface area contributed by atoms with E-state index in [0.29, 0.717) is 24.1 Å². The molecular weight excluding hydrogens is 476 g/mol. The minimum atomic E-state index is -1.88. The third kappa shape index (κ3) is 5.32. The number of rotatable bonds is 11. The van der Waals surface area contributed by atoms with Gasteiger partial charge in [-0.25, -0.2) is 4.79 Å². The van der Waals surface area contributed by atoms with Crippen molar-refractivity contribution in [1.82, 2.24) is 10.5 Å². The molecule has 2 N–H and O–H groups in total. The van der Waals surface area contributed by atoms with Gasteiger partial charge in [0.25, 0.3) is 0 Å². The largest absolute Gasteiger partial charge is 0.459 e. The predicted molar refractivity (Wildman–Crippen MR) is 146 cm³/mol. The molecule has 0 radical (unpaired) electrons. The van der Waals surface area contributed by atoms with Crippen molar-refractivity contribution in [1.29, 1.82) is 0 Å². The van der Waals surface area contributed by atoms with Gasteiger partial charge in [-0.3, -0.25) is 0 Å². The summed E-state index contributed by atoms with van der Waals surface area (Å²) >= 11 is 0. The van der Waals surface area contributed by atoms with Crippen molar-refractivity contribution in [3.05, 3.63) is 127 Å². The number of hydrogen-bond acceptors (Lipinski definition) is 6. The van der Waals surface area contributed by atoms with E-state index in [1.807, 2.05) is 54.6 Å². The summed E-state index contributed by atoms with van der Waals surface area (Å²) in [5.74, 6) is 0.464. The van der Waals surface area contributed by atoms with Crippen LogP contribution in [0.4, 0.5) is 0 Å². The average Bonchev–Trinajstić information content (AvgIpc) is 3.44. The molecule has 1 heterocycles. The highest BCUT2D eigenvalue weighted by Crippen LogP contribution is 2.42. The molecule has 194 valence electrons. The lowest BCUT2D eigenvalue weighted by molar-refractivity contribution is -0.180. The van der Waals surface area contributed by atoms with Gasteiger partial charge in [-0.05, 0) is 36.4 Å². The molecule has 1 fully saturated rings. The zero-order valence-corrected chi connectivity index (χ0v) is 21.2. The van der Waals surface area contributed by atoms with Crippen LogP contribution in [0.2, 0.25) is 0 Å². The smallest absolute Gasteiger partial charge is 0.347 e. The Morgan fingerprint density at radius 3 is 2.24 bits per heavy atom. The van der Waals surface area contributed by atoms with Crippen molar-refractivity contribution < 1.29 is 19.2 Å². The van der Waals surface area contributed by atoms with Gasteiger partial charge in [-0.2, -0.15) is 0 Å². The standard InChI is InChI=1S/C32H32N2O4/c1-2-23-20-30(28(23)18-19-33-22-27-21-29(38-34-27)24-12-6-3-7-13-24)37-31(35)32(36,25-14-8-4-9-15-25)26-16-10-5-11-17-26/h2-17,21,23,28,30,33,36H,1,18-20,22H2/t23?,28?,30-/m0/s1. The Kier molecular flexibility index (Phi) is 7.82. The normalized spacial score (nSPS) is 18.9. The first kappa shape index (κ1) is 25.6. The second-order valence-corrected chi connectivity index (χ2v) is 9.70. The number of ether oxygens (including phenoxy) is 1. The molecule has 1 aliphatic rings. The monoisotopic (exact) mass is 508 g/mol. The minimum absolute atomic E-state index is 0.122. The van der Waals surface area contributed by atoms with E-state index in [2.05, 4.69) is 17.1 Å². The Balaban J connectivity index is 1.20. The van der Waals surface area contributed by atoms with E-state index >= 15 is 0 Å². The zero-order chi connectivity index (χ0) is 26.4. The van der Waals surface area contributed by atoms with Crippen molar-refractivity contribution in [3.63, 3.8) is 0 Å². The number of hydrogen-bond donors (Lipinski definition) is 2. The van der Waals surface area contributed by atoms with Crippen molar-refractivity contribution in [2.75, 3.05) is 6.54 Å². The number of aliphatic hydroxyl groups is 1. The van der Waals surface area contributed by atoms with Crippen LogP contribution in [0.25, 0.3) is 11.3 Å². The molecule has 6 heteroatoms. The van der Waals surface area contributed by atoms with Gasteiger partial charge in [0.2, 0.25) is 5.60 Å². The maximum absolute atomic E-state index is 13.5. The van der Waals surface area contributed by atoms with Crippen LogP contribution in [-0.2, 0) is 21.7 Å². The maximum atomic E-state index is 13.5. The first-order valence-electron chi connectivity index (χ1n) is 13.0. The van der Waals surface area contributed by atoms with Crippen molar-refractivity contribution in [2.24, 2.45) is 11.8 Å². The van der Waals surface area contributed by atoms with Crippen LogP contribution in [-0.4, -0.2) is 28.9 Å². The van der Waals surface area contributed by atoms with E-state index in [9.17, 15) is 9.90 Å². The number of carbonyl (C=O) groups is 1. The summed E-state index contributed by atoms with van der Waals surface area (Å²) in [5.41, 5.74) is 0.906. The fourth-order valence-electron chi connectivity index (χ4n) is 5.11. The number of aromatic nitrogens is 1. The van der Waals surface area contributed by atoms with Crippen LogP contribution in [0, 0.1) is 11.8 Å². The topological polar surface area (TPSA) is 84.6 Å². The SMILES string of the molecule is C=CC1C[C@H](OC(=O)C(O)(c2ccccc2)c2ccccc2)C1CCNCc1cc(-c2ccccc2)on1. The molecule has 0 aliphatic heterocycles. The highest BCUT2D eigenvalue weighted by Gasteiger charge is 2.47. The number of nitrogens with one attached hydrogen (secondary N) is 1. The third-order valence-electron chi connectivity index (χ3n) is 7.35. The van der Waals surface area contributed by atoms with E-state index in [-0.39, 0.29) is 17.9 Å². The van der Waals surface area contributed by atoms with Crippen LogP contribution < -0.4 is 5.32 Å². The molecule has 0 saturated heterocycles. The molecule has 3 atom stereocenters. The lowest BCUT2D eigenvalue weighted by Crippen LogP contribution is -2.48. The molecule has 1 aliphatic carbocycles. The van der Waals surface area contributed by atoms with Crippen LogP contribution >= 0.6 is 0 Å². The minimum Gasteiger partial charge on any atom is -0.459 e. The second-order valence-electron chi connectivity index (χ2n) is 9.70. The maximum Gasteiger partial charge on any atom is 0.347 e. The Morgan fingerprint density at radius 1 is 1.03 bits per heavy atom. The van der Waals surface area contributed by atoms with Crippen LogP contribution in [0.15, 0.2) is 114 Å². The summed E-state index contributed by atoms with van der Waals surface area (Å²) in [4.78, 5) is 13.5. The lowest BCUT2D eigenvalue weighted by atomic mass is 9.69. The van der Waals surface area contributed by atoms with Gasteiger partial charge in [0.1, 0.15) is 6.10 Å². The van der Waals surface area contributed by atoms with Gasteiger partial charge >= 0.3 is 5.97 Å². The molecule has 6 nitrogen and oxygen atoms in total. The zero-order valence-electron chi connectivity index (χ0n) is 21.2. The molecular formula is C32H32N2O4. The first-order valence-corrected chi connectivity index (χ1v) is 13.0. The highest BCUT2D eigenvalue weighted by molar-refractivity contribution is 5.85. The number of nitrogens with zero attached hydrogens (tertiary/aromatic N) is 1. The van der Waals surface area contributed by atoms with E-state index < -0.39 is 11.6 Å². The van der Waals surface area contributed by atoms with Crippen molar-refractivity contribution in [2.45, 2.75) is 31.1 Å². The number of benzene rings is 3. The molecule has 4 aromatic rings. The summed E-state index contributed by atoms with van der Waals surface area (Å²) in [6, 6.07) is 29.7. The number of esters is 1. The summed E-state index contributed by atoms with van der Waals surface area (Å²) in [7, 11) is 0. The fourth-order valence-corrected chi connectivity index (χ4v) is 5.11. The molecule has 2 unspecified atom stereocenters. The summed E-state index contributed by atoms with van der Waals surface area (Å²) in [5, 5.41) is 19.3. The summed E-state index contributed by atoms with van der Waals surface area (Å²) < 4.78 is 11.5. The summed E-state index contributed by atoms with van der Waals surface area (Å²) in [6.45, 7) is 5.26. The lowest BCUT2D eigenvalue weighted by Gasteiger charge is -2.44. The van der Waals surface area contributed by atoms with Gasteiger partial charge < -0.3 is 19.7 Å². The average molecular weight is 509 g/mol. The molecule has 1 aromatic heterocycles. The van der Waals surface area contributed by atoms with Crippen LogP contribution in [0.5, 0.6) is 0 Å². The first-order chi connectivity index (χ1) is 18.6. The molecule has 5 rings (SSSR count). The van der Waals surface area contributed by atoms with Gasteiger partial charge in [0, 0.05) is 24.1 Å². The number of allylic oxidation sites excluding steroid dienone is 1. The van der Waals surface area contributed by atoms with E-state index in [1.165, 1.54) is 0 Å². The molecule has 1 saturated carbocycles. The van der Waals surface area contributed by atoms with Crippen LogP contribution in [0.1, 0.15) is 29.7 Å².